The maximum atomic E-state index is 8.71. The van der Waals surface area contributed by atoms with Crippen LogP contribution in [0, 0.1) is 0 Å². The Morgan fingerprint density at radius 3 is 2.19 bits per heavy atom. The highest BCUT2D eigenvalue weighted by atomic mass is 15.1. The van der Waals surface area contributed by atoms with Crippen LogP contribution in [-0.2, 0) is 0 Å². The summed E-state index contributed by atoms with van der Waals surface area (Å²) in [6.07, 6.45) is 0. The molecular formula is C23H15N3. The van der Waals surface area contributed by atoms with Crippen LogP contribution in [0.1, 0.15) is 8.22 Å². The largest absolute Gasteiger partial charge is 0.353 e. The first kappa shape index (κ1) is 9.20. The van der Waals surface area contributed by atoms with Gasteiger partial charge in [-0.1, -0.05) is 54.5 Å². The zero-order valence-electron chi connectivity index (χ0n) is 19.5. The Hall–Kier alpha value is -3.59. The molecule has 6 rings (SSSR count). The molecule has 3 aromatic heterocycles. The summed E-state index contributed by atoms with van der Waals surface area (Å²) in [4.78, 5) is 7.64. The molecule has 0 amide bonds. The lowest BCUT2D eigenvalue weighted by Gasteiger charge is -2.07. The third-order valence-electron chi connectivity index (χ3n) is 4.72. The first-order valence-corrected chi connectivity index (χ1v) is 8.27. The molecule has 0 aliphatic rings. The number of hydrogen-bond acceptors (Lipinski definition) is 1. The Morgan fingerprint density at radius 2 is 1.42 bits per heavy atom. The van der Waals surface area contributed by atoms with E-state index in [1.165, 1.54) is 0 Å². The van der Waals surface area contributed by atoms with Crippen molar-refractivity contribution in [2.24, 2.45) is 0 Å². The smallest absolute Gasteiger partial charge is 0.138 e. The highest BCUT2D eigenvalue weighted by Gasteiger charge is 2.13. The van der Waals surface area contributed by atoms with Gasteiger partial charge in [0.2, 0.25) is 0 Å². The molecular weight excluding hydrogens is 318 g/mol. The molecule has 0 saturated heterocycles. The lowest BCUT2D eigenvalue weighted by atomic mass is 10.2. The minimum atomic E-state index is -0.356. The lowest BCUT2D eigenvalue weighted by molar-refractivity contribution is 1.10. The van der Waals surface area contributed by atoms with Crippen LogP contribution in [0.2, 0.25) is 0 Å². The molecule has 0 saturated carbocycles. The van der Waals surface area contributed by atoms with Gasteiger partial charge < -0.3 is 4.98 Å². The molecule has 122 valence electrons. The number of aromatic nitrogens is 3. The van der Waals surface area contributed by atoms with Crippen molar-refractivity contribution < 1.29 is 8.22 Å². The summed E-state index contributed by atoms with van der Waals surface area (Å²) in [5, 5.41) is 2.22. The van der Waals surface area contributed by atoms with Crippen LogP contribution in [-0.4, -0.2) is 14.5 Å². The molecule has 3 heterocycles. The van der Waals surface area contributed by atoms with E-state index in [2.05, 4.69) is 4.98 Å². The van der Waals surface area contributed by atoms with Crippen molar-refractivity contribution in [2.45, 2.75) is 0 Å². The van der Waals surface area contributed by atoms with E-state index in [-0.39, 0.29) is 64.0 Å². The van der Waals surface area contributed by atoms with Crippen molar-refractivity contribution in [2.75, 3.05) is 0 Å². The van der Waals surface area contributed by atoms with E-state index < -0.39 is 0 Å². The first-order chi connectivity index (χ1) is 15.4. The third kappa shape index (κ3) is 1.74. The summed E-state index contributed by atoms with van der Waals surface area (Å²) in [5.74, 6) is 0.244. The number of fused-ring (bicyclic) bond motifs is 6. The number of pyridine rings is 1. The predicted octanol–water partition coefficient (Wildman–Crippen LogP) is 5.81. The topological polar surface area (TPSA) is 33.6 Å². The molecule has 26 heavy (non-hydrogen) atoms. The number of H-pyrrole nitrogens is 1. The van der Waals surface area contributed by atoms with Crippen molar-refractivity contribution in [3.8, 4) is 5.82 Å². The predicted molar refractivity (Wildman–Crippen MR) is 108 cm³/mol. The standard InChI is InChI=1S/C23H15N3/c1-4-10-18-17(9-1)23-19(24-18)13-14-22(25-23)26-20-11-5-2-7-15(20)16-8-3-6-12-21(16)26/h1-14,24H/i1D,4D,9D,10D,13D,14D. The Labute approximate surface area is 157 Å². The van der Waals surface area contributed by atoms with Crippen LogP contribution in [0.4, 0.5) is 0 Å². The van der Waals surface area contributed by atoms with Crippen molar-refractivity contribution in [1.82, 2.24) is 14.5 Å². The molecule has 0 unspecified atom stereocenters. The van der Waals surface area contributed by atoms with Gasteiger partial charge in [0, 0.05) is 21.7 Å². The molecule has 3 aromatic carbocycles. The van der Waals surface area contributed by atoms with Gasteiger partial charge in [-0.2, -0.15) is 0 Å². The number of hydrogen-bond donors (Lipinski definition) is 1. The quantitative estimate of drug-likeness (QED) is 0.403. The molecule has 1 N–H and O–H groups in total. The van der Waals surface area contributed by atoms with Crippen LogP contribution in [0.25, 0.3) is 49.6 Å². The number of nitrogens with one attached hydrogen (secondary N) is 1. The molecule has 0 bridgehead atoms. The van der Waals surface area contributed by atoms with Gasteiger partial charge >= 0.3 is 0 Å². The Balaban J connectivity index is 1.83. The van der Waals surface area contributed by atoms with Crippen molar-refractivity contribution in [3.05, 3.63) is 84.8 Å². The fourth-order valence-electron chi connectivity index (χ4n) is 3.60. The highest BCUT2D eigenvalue weighted by molar-refractivity contribution is 6.09. The summed E-state index contributed by atoms with van der Waals surface area (Å²) >= 11 is 0. The second-order valence-corrected chi connectivity index (χ2v) is 6.15. The van der Waals surface area contributed by atoms with Crippen molar-refractivity contribution in [1.29, 1.82) is 0 Å². The number of aromatic amines is 1. The van der Waals surface area contributed by atoms with Gasteiger partial charge in [-0.25, -0.2) is 4.98 Å². The summed E-state index contributed by atoms with van der Waals surface area (Å²) in [6, 6.07) is 14.2. The molecule has 0 fully saturated rings. The zero-order valence-corrected chi connectivity index (χ0v) is 13.5. The Morgan fingerprint density at radius 1 is 0.731 bits per heavy atom. The SMILES string of the molecule is [2H]c1c(-n2c3ccccc3c3ccccc32)nc2c([nH]c3c([2H])c([2H])c([2H])c([2H])c32)c1[2H]. The number of nitrogens with zero attached hydrogens (tertiary/aromatic N) is 2. The van der Waals surface area contributed by atoms with E-state index in [9.17, 15) is 0 Å². The second kappa shape index (κ2) is 4.96. The van der Waals surface area contributed by atoms with Crippen LogP contribution in [0.15, 0.2) is 84.8 Å². The lowest BCUT2D eigenvalue weighted by Crippen LogP contribution is -1.96. The van der Waals surface area contributed by atoms with Gasteiger partial charge in [0.05, 0.1) is 30.3 Å². The summed E-state index contributed by atoms with van der Waals surface area (Å²) in [6.45, 7) is 0. The minimum absolute atomic E-state index is 0.0918. The highest BCUT2D eigenvalue weighted by Crippen LogP contribution is 2.32. The molecule has 0 aliphatic carbocycles. The van der Waals surface area contributed by atoms with Gasteiger partial charge in [-0.05, 0) is 30.3 Å². The summed E-state index contributed by atoms with van der Waals surface area (Å²) in [7, 11) is 0. The molecule has 0 aliphatic heterocycles. The van der Waals surface area contributed by atoms with E-state index in [1.807, 2.05) is 53.1 Å². The zero-order chi connectivity index (χ0) is 22.3. The molecule has 0 atom stereocenters. The normalized spacial score (nSPS) is 15.1. The summed E-state index contributed by atoms with van der Waals surface area (Å²) < 4.78 is 51.8. The van der Waals surface area contributed by atoms with Crippen LogP contribution in [0.5, 0.6) is 0 Å². The van der Waals surface area contributed by atoms with Crippen molar-refractivity contribution >= 4 is 43.7 Å². The van der Waals surface area contributed by atoms with E-state index >= 15 is 0 Å². The number of para-hydroxylation sites is 3. The van der Waals surface area contributed by atoms with E-state index in [0.717, 1.165) is 21.8 Å². The second-order valence-electron chi connectivity index (χ2n) is 6.15. The van der Waals surface area contributed by atoms with Gasteiger partial charge in [0.1, 0.15) is 5.82 Å². The van der Waals surface area contributed by atoms with Gasteiger partial charge in [-0.3, -0.25) is 4.57 Å². The molecule has 0 radical (unpaired) electrons. The maximum Gasteiger partial charge on any atom is 0.138 e. The van der Waals surface area contributed by atoms with Gasteiger partial charge in [0.25, 0.3) is 0 Å². The molecule has 3 nitrogen and oxygen atoms in total. The number of benzene rings is 3. The minimum Gasteiger partial charge on any atom is -0.353 e. The van der Waals surface area contributed by atoms with Crippen LogP contribution < -0.4 is 0 Å². The third-order valence-corrected chi connectivity index (χ3v) is 4.72. The molecule has 0 spiro atoms. The summed E-state index contributed by atoms with van der Waals surface area (Å²) in [5.41, 5.74) is 2.35. The van der Waals surface area contributed by atoms with E-state index in [0.29, 0.717) is 0 Å². The van der Waals surface area contributed by atoms with Gasteiger partial charge in [0.15, 0.2) is 0 Å². The average molecular weight is 339 g/mol. The Bertz CT molecular complexity index is 1700. The monoisotopic (exact) mass is 339 g/mol. The first-order valence-electron chi connectivity index (χ1n) is 11.3. The van der Waals surface area contributed by atoms with Crippen molar-refractivity contribution in [3.63, 3.8) is 0 Å². The number of rotatable bonds is 1. The fraction of sp³-hybridized carbons (Fsp3) is 0. The molecule has 6 aromatic rings. The van der Waals surface area contributed by atoms with Gasteiger partial charge in [-0.15, -0.1) is 0 Å². The van der Waals surface area contributed by atoms with Crippen LogP contribution >= 0.6 is 0 Å². The van der Waals surface area contributed by atoms with Crippen LogP contribution in [0.3, 0.4) is 0 Å². The maximum absolute atomic E-state index is 8.71. The Kier molecular flexibility index (Phi) is 1.76. The average Bonchev–Trinajstić information content (AvgIpc) is 3.35. The van der Waals surface area contributed by atoms with E-state index in [1.54, 1.807) is 0 Å². The van der Waals surface area contributed by atoms with E-state index in [4.69, 9.17) is 13.2 Å². The fourth-order valence-corrected chi connectivity index (χ4v) is 3.60. The molecule has 3 heteroatoms.